The molecule has 1 heterocycles. The van der Waals surface area contributed by atoms with E-state index < -0.39 is 12.2 Å². The summed E-state index contributed by atoms with van der Waals surface area (Å²) in [5.74, 6) is 0.336. The molecule has 2 N–H and O–H groups in total. The molecule has 2 atom stereocenters. The zero-order chi connectivity index (χ0) is 8.97. The fraction of sp³-hybridized carbons (Fsp3) is 0.571. The van der Waals surface area contributed by atoms with Crippen LogP contribution in [0.3, 0.4) is 0 Å². The van der Waals surface area contributed by atoms with Gasteiger partial charge in [-0.3, -0.25) is 0 Å². The molecule has 68 valence electrons. The Morgan fingerprint density at radius 1 is 1.58 bits per heavy atom. The minimum atomic E-state index is -0.907. The maximum Gasteiger partial charge on any atom is 0.123 e. The van der Waals surface area contributed by atoms with Gasteiger partial charge in [0, 0.05) is 11.3 Å². The van der Waals surface area contributed by atoms with Crippen molar-refractivity contribution in [3.8, 4) is 0 Å². The first-order valence-corrected chi connectivity index (χ1v) is 5.03. The Balaban J connectivity index is 2.53. The van der Waals surface area contributed by atoms with Crippen molar-refractivity contribution >= 4 is 22.9 Å². The molecule has 0 fully saturated rings. The van der Waals surface area contributed by atoms with Crippen LogP contribution >= 0.6 is 22.9 Å². The van der Waals surface area contributed by atoms with Crippen molar-refractivity contribution in [3.63, 3.8) is 0 Å². The molecule has 3 nitrogen and oxygen atoms in total. The van der Waals surface area contributed by atoms with Gasteiger partial charge >= 0.3 is 0 Å². The van der Waals surface area contributed by atoms with Crippen molar-refractivity contribution in [1.82, 2.24) is 4.98 Å². The molecule has 0 saturated heterocycles. The zero-order valence-electron chi connectivity index (χ0n) is 6.35. The highest BCUT2D eigenvalue weighted by Crippen LogP contribution is 2.18. The number of aliphatic hydroxyl groups is 2. The molecule has 0 bridgehead atoms. The van der Waals surface area contributed by atoms with Gasteiger partial charge in [-0.15, -0.1) is 22.9 Å². The van der Waals surface area contributed by atoms with Crippen LogP contribution in [0.1, 0.15) is 18.2 Å². The lowest BCUT2D eigenvalue weighted by Crippen LogP contribution is -2.18. The van der Waals surface area contributed by atoms with Gasteiger partial charge in [-0.1, -0.05) is 0 Å². The van der Waals surface area contributed by atoms with E-state index in [4.69, 9.17) is 11.6 Å². The van der Waals surface area contributed by atoms with E-state index in [1.54, 1.807) is 10.9 Å². The number of thiazole rings is 1. The quantitative estimate of drug-likeness (QED) is 0.729. The van der Waals surface area contributed by atoms with E-state index in [1.165, 1.54) is 11.3 Å². The normalized spacial score (nSPS) is 15.9. The van der Waals surface area contributed by atoms with Crippen LogP contribution in [-0.2, 0) is 0 Å². The average molecular weight is 208 g/mol. The number of aliphatic hydroxyl groups excluding tert-OH is 2. The Morgan fingerprint density at radius 3 is 2.83 bits per heavy atom. The van der Waals surface area contributed by atoms with E-state index in [0.717, 1.165) is 0 Å². The van der Waals surface area contributed by atoms with Crippen LogP contribution in [0.5, 0.6) is 0 Å². The van der Waals surface area contributed by atoms with E-state index in [9.17, 15) is 10.2 Å². The van der Waals surface area contributed by atoms with Gasteiger partial charge in [0.25, 0.3) is 0 Å². The maximum absolute atomic E-state index is 9.44. The molecule has 0 aliphatic heterocycles. The lowest BCUT2D eigenvalue weighted by molar-refractivity contribution is 0.0148. The summed E-state index contributed by atoms with van der Waals surface area (Å²) >= 11 is 6.80. The Labute approximate surface area is 79.6 Å². The van der Waals surface area contributed by atoms with E-state index in [1.807, 2.05) is 0 Å². The van der Waals surface area contributed by atoms with E-state index in [2.05, 4.69) is 4.98 Å². The molecule has 5 heteroatoms. The summed E-state index contributed by atoms with van der Waals surface area (Å²) < 4.78 is 0. The van der Waals surface area contributed by atoms with Crippen LogP contribution < -0.4 is 0 Å². The van der Waals surface area contributed by atoms with Gasteiger partial charge in [0.15, 0.2) is 0 Å². The Kier molecular flexibility index (Phi) is 3.94. The van der Waals surface area contributed by atoms with Crippen molar-refractivity contribution in [1.29, 1.82) is 0 Å². The van der Waals surface area contributed by atoms with Crippen molar-refractivity contribution in [3.05, 3.63) is 16.6 Å². The summed E-state index contributed by atoms with van der Waals surface area (Å²) in [4.78, 5) is 3.88. The smallest absolute Gasteiger partial charge is 0.123 e. The molecular formula is C7H10ClNO2S. The number of nitrogens with zero attached hydrogens (tertiary/aromatic N) is 1. The SMILES string of the molecule is OC(CCCl)C(O)c1cscn1. The lowest BCUT2D eigenvalue weighted by Gasteiger charge is -2.13. The van der Waals surface area contributed by atoms with Crippen molar-refractivity contribution in [2.45, 2.75) is 18.6 Å². The topological polar surface area (TPSA) is 53.4 Å². The Bertz CT molecular complexity index is 217. The van der Waals surface area contributed by atoms with Gasteiger partial charge in [0.2, 0.25) is 0 Å². The van der Waals surface area contributed by atoms with Crippen LogP contribution in [-0.4, -0.2) is 27.2 Å². The Morgan fingerprint density at radius 2 is 2.33 bits per heavy atom. The monoisotopic (exact) mass is 207 g/mol. The molecule has 0 saturated carbocycles. The van der Waals surface area contributed by atoms with Gasteiger partial charge in [-0.2, -0.15) is 0 Å². The van der Waals surface area contributed by atoms with Crippen LogP contribution in [0.4, 0.5) is 0 Å². The molecule has 1 aromatic heterocycles. The molecule has 1 rings (SSSR count). The summed E-state index contributed by atoms with van der Waals surface area (Å²) in [6.45, 7) is 0. The second-order valence-corrected chi connectivity index (χ2v) is 3.50. The molecule has 0 radical (unpaired) electrons. The number of rotatable bonds is 4. The van der Waals surface area contributed by atoms with Crippen LogP contribution in [0.2, 0.25) is 0 Å². The highest BCUT2D eigenvalue weighted by molar-refractivity contribution is 7.07. The van der Waals surface area contributed by atoms with Crippen LogP contribution in [0.15, 0.2) is 10.9 Å². The summed E-state index contributed by atoms with van der Waals surface area (Å²) in [5.41, 5.74) is 2.13. The molecule has 0 aliphatic carbocycles. The van der Waals surface area contributed by atoms with Crippen molar-refractivity contribution < 1.29 is 10.2 Å². The van der Waals surface area contributed by atoms with Crippen molar-refractivity contribution in [2.24, 2.45) is 0 Å². The third kappa shape index (κ3) is 2.42. The summed E-state index contributed by atoms with van der Waals surface area (Å²) in [6, 6.07) is 0. The van der Waals surface area contributed by atoms with E-state index in [0.29, 0.717) is 18.0 Å². The minimum absolute atomic E-state index is 0.336. The fourth-order valence-electron chi connectivity index (χ4n) is 0.835. The Hall–Kier alpha value is -0.160. The first-order valence-electron chi connectivity index (χ1n) is 3.56. The predicted octanol–water partition coefficient (Wildman–Crippen LogP) is 1.17. The summed E-state index contributed by atoms with van der Waals surface area (Å²) in [6.07, 6.45) is -1.35. The zero-order valence-corrected chi connectivity index (χ0v) is 7.92. The number of hydrogen-bond donors (Lipinski definition) is 2. The third-order valence-corrected chi connectivity index (χ3v) is 2.35. The van der Waals surface area contributed by atoms with Gasteiger partial charge in [-0.05, 0) is 6.42 Å². The first kappa shape index (κ1) is 9.92. The number of alkyl halides is 1. The molecule has 0 aliphatic rings. The van der Waals surface area contributed by atoms with Gasteiger partial charge < -0.3 is 10.2 Å². The molecule has 0 aromatic carbocycles. The highest BCUT2D eigenvalue weighted by atomic mass is 35.5. The van der Waals surface area contributed by atoms with E-state index in [-0.39, 0.29) is 0 Å². The number of aromatic nitrogens is 1. The summed E-state index contributed by atoms with van der Waals surface area (Å²) in [5, 5.41) is 20.5. The predicted molar refractivity (Wildman–Crippen MR) is 48.4 cm³/mol. The third-order valence-electron chi connectivity index (χ3n) is 1.52. The first-order chi connectivity index (χ1) is 5.75. The second kappa shape index (κ2) is 4.77. The molecule has 12 heavy (non-hydrogen) atoms. The average Bonchev–Trinajstić information content (AvgIpc) is 2.55. The van der Waals surface area contributed by atoms with Gasteiger partial charge in [0.05, 0.1) is 17.3 Å². The minimum Gasteiger partial charge on any atom is -0.390 e. The molecule has 0 spiro atoms. The largest absolute Gasteiger partial charge is 0.390 e. The van der Waals surface area contributed by atoms with Crippen LogP contribution in [0.25, 0.3) is 0 Å². The molecule has 2 unspecified atom stereocenters. The fourth-order valence-corrected chi connectivity index (χ4v) is 1.64. The lowest BCUT2D eigenvalue weighted by atomic mass is 10.1. The second-order valence-electron chi connectivity index (χ2n) is 2.40. The van der Waals surface area contributed by atoms with Crippen LogP contribution in [0, 0.1) is 0 Å². The standard InChI is InChI=1S/C7H10ClNO2S/c8-2-1-6(10)7(11)5-3-12-4-9-5/h3-4,6-7,10-11H,1-2H2. The highest BCUT2D eigenvalue weighted by Gasteiger charge is 2.18. The summed E-state index contributed by atoms with van der Waals surface area (Å²) in [7, 11) is 0. The van der Waals surface area contributed by atoms with Gasteiger partial charge in [-0.25, -0.2) is 4.98 Å². The molecule has 0 amide bonds. The molecule has 1 aromatic rings. The molecular weight excluding hydrogens is 198 g/mol. The maximum atomic E-state index is 9.44. The number of hydrogen-bond acceptors (Lipinski definition) is 4. The van der Waals surface area contributed by atoms with E-state index >= 15 is 0 Å². The van der Waals surface area contributed by atoms with Gasteiger partial charge in [0.1, 0.15) is 6.10 Å². The van der Waals surface area contributed by atoms with Crippen molar-refractivity contribution in [2.75, 3.05) is 5.88 Å². The number of halogens is 1.